The number of pyridine rings is 1. The first-order chi connectivity index (χ1) is 15.1. The smallest absolute Gasteiger partial charge is 0.269 e. The van der Waals surface area contributed by atoms with Crippen molar-refractivity contribution >= 4 is 27.3 Å². The Balaban J connectivity index is 1.48. The fraction of sp³-hybridized carbons (Fsp3) is 0.240. The van der Waals surface area contributed by atoms with Crippen LogP contribution in [0, 0.1) is 6.92 Å². The number of piperidine rings is 1. The van der Waals surface area contributed by atoms with Crippen LogP contribution in [0.4, 0.5) is 0 Å². The normalized spacial score (nSPS) is 16.5. The largest absolute Gasteiger partial charge is 0.371 e. The SMILES string of the molecule is C=C(c1csc2c(=O)[nH]c(-c3ccccn3)nc12)N1CCCC(c2cccc(C)c2)C1. The molecule has 5 rings (SSSR count). The Morgan fingerprint density at radius 1 is 1.26 bits per heavy atom. The third-order valence-corrected chi connectivity index (χ3v) is 6.93. The van der Waals surface area contributed by atoms with Gasteiger partial charge in [0.15, 0.2) is 5.82 Å². The molecule has 0 radical (unpaired) electrons. The van der Waals surface area contributed by atoms with Crippen LogP contribution in [0.3, 0.4) is 0 Å². The molecule has 1 aromatic carbocycles. The molecule has 1 saturated heterocycles. The molecule has 1 aliphatic heterocycles. The van der Waals surface area contributed by atoms with Crippen LogP contribution in [0.25, 0.3) is 27.4 Å². The maximum Gasteiger partial charge on any atom is 0.269 e. The van der Waals surface area contributed by atoms with E-state index in [9.17, 15) is 4.79 Å². The number of benzene rings is 1. The highest BCUT2D eigenvalue weighted by Crippen LogP contribution is 2.34. The number of rotatable bonds is 4. The molecule has 156 valence electrons. The number of aromatic amines is 1. The van der Waals surface area contributed by atoms with Gasteiger partial charge in [0.25, 0.3) is 5.56 Å². The van der Waals surface area contributed by atoms with Crippen molar-refractivity contribution in [1.29, 1.82) is 0 Å². The first-order valence-corrected chi connectivity index (χ1v) is 11.4. The van der Waals surface area contributed by atoms with Crippen LogP contribution in [-0.4, -0.2) is 32.9 Å². The van der Waals surface area contributed by atoms with Crippen molar-refractivity contribution in [3.05, 3.63) is 87.7 Å². The zero-order valence-electron chi connectivity index (χ0n) is 17.5. The van der Waals surface area contributed by atoms with E-state index in [-0.39, 0.29) is 5.56 Å². The van der Waals surface area contributed by atoms with E-state index in [1.807, 2.05) is 23.6 Å². The molecule has 0 spiro atoms. The van der Waals surface area contributed by atoms with E-state index in [0.29, 0.717) is 27.7 Å². The highest BCUT2D eigenvalue weighted by Gasteiger charge is 2.25. The lowest BCUT2D eigenvalue weighted by molar-refractivity contribution is 0.295. The number of aryl methyl sites for hydroxylation is 1. The number of H-pyrrole nitrogens is 1. The summed E-state index contributed by atoms with van der Waals surface area (Å²) in [7, 11) is 0. The van der Waals surface area contributed by atoms with Gasteiger partial charge in [-0.05, 0) is 37.5 Å². The summed E-state index contributed by atoms with van der Waals surface area (Å²) >= 11 is 1.42. The molecule has 1 unspecified atom stereocenters. The Hall–Kier alpha value is -3.25. The molecule has 5 nitrogen and oxygen atoms in total. The molecule has 0 amide bonds. The van der Waals surface area contributed by atoms with Crippen molar-refractivity contribution in [2.24, 2.45) is 0 Å². The maximum atomic E-state index is 12.7. The van der Waals surface area contributed by atoms with Crippen LogP contribution in [0.5, 0.6) is 0 Å². The topological polar surface area (TPSA) is 61.9 Å². The molecule has 31 heavy (non-hydrogen) atoms. The zero-order valence-corrected chi connectivity index (χ0v) is 18.3. The molecule has 0 saturated carbocycles. The van der Waals surface area contributed by atoms with Crippen molar-refractivity contribution in [1.82, 2.24) is 19.9 Å². The third-order valence-electron chi connectivity index (χ3n) is 5.96. The predicted molar refractivity (Wildman–Crippen MR) is 127 cm³/mol. The van der Waals surface area contributed by atoms with Crippen molar-refractivity contribution in [3.8, 4) is 11.5 Å². The van der Waals surface area contributed by atoms with Gasteiger partial charge < -0.3 is 9.88 Å². The van der Waals surface area contributed by atoms with Crippen molar-refractivity contribution in [2.45, 2.75) is 25.7 Å². The Morgan fingerprint density at radius 3 is 2.97 bits per heavy atom. The lowest BCUT2D eigenvalue weighted by atomic mass is 9.89. The lowest BCUT2D eigenvalue weighted by Crippen LogP contribution is -2.32. The van der Waals surface area contributed by atoms with E-state index < -0.39 is 0 Å². The van der Waals surface area contributed by atoms with Crippen LogP contribution < -0.4 is 5.56 Å². The van der Waals surface area contributed by atoms with E-state index in [1.165, 1.54) is 28.9 Å². The second-order valence-electron chi connectivity index (χ2n) is 8.10. The highest BCUT2D eigenvalue weighted by atomic mass is 32.1. The molecule has 4 heterocycles. The molecule has 6 heteroatoms. The van der Waals surface area contributed by atoms with Crippen LogP contribution in [0.2, 0.25) is 0 Å². The minimum atomic E-state index is -0.133. The number of nitrogens with zero attached hydrogens (tertiary/aromatic N) is 3. The molecule has 4 aromatic rings. The van der Waals surface area contributed by atoms with Crippen molar-refractivity contribution in [2.75, 3.05) is 13.1 Å². The van der Waals surface area contributed by atoms with Gasteiger partial charge in [-0.3, -0.25) is 9.78 Å². The van der Waals surface area contributed by atoms with Gasteiger partial charge in [0, 0.05) is 41.8 Å². The minimum Gasteiger partial charge on any atom is -0.371 e. The Labute approximate surface area is 185 Å². The van der Waals surface area contributed by atoms with Gasteiger partial charge in [0.05, 0.1) is 5.52 Å². The number of thiophene rings is 1. The van der Waals surface area contributed by atoms with Crippen LogP contribution >= 0.6 is 11.3 Å². The monoisotopic (exact) mass is 428 g/mol. The quantitative estimate of drug-likeness (QED) is 0.485. The van der Waals surface area contributed by atoms with Gasteiger partial charge in [0.1, 0.15) is 10.4 Å². The molecule has 1 N–H and O–H groups in total. The van der Waals surface area contributed by atoms with Gasteiger partial charge in [-0.1, -0.05) is 42.5 Å². The van der Waals surface area contributed by atoms with Crippen LogP contribution in [0.15, 0.2) is 65.4 Å². The lowest BCUT2D eigenvalue weighted by Gasteiger charge is -2.35. The van der Waals surface area contributed by atoms with E-state index in [0.717, 1.165) is 30.8 Å². The second kappa shape index (κ2) is 8.12. The minimum absolute atomic E-state index is 0.133. The van der Waals surface area contributed by atoms with Gasteiger partial charge in [-0.15, -0.1) is 11.3 Å². The Kier molecular flexibility index (Phi) is 5.16. The standard InChI is InChI=1S/C25H24N4OS/c1-16-7-5-8-18(13-16)19-9-6-12-29(14-19)17(2)20-15-31-23-22(20)27-24(28-25(23)30)21-10-3-4-11-26-21/h3-5,7-8,10-11,13,15,19H,2,6,9,12,14H2,1H3,(H,27,28,30). The number of likely N-dealkylation sites (tertiary alicyclic amines) is 1. The fourth-order valence-electron chi connectivity index (χ4n) is 4.35. The number of hydrogen-bond acceptors (Lipinski definition) is 5. The molecule has 0 aliphatic carbocycles. The number of fused-ring (bicyclic) bond motifs is 1. The molecule has 3 aromatic heterocycles. The summed E-state index contributed by atoms with van der Waals surface area (Å²) in [5, 5.41) is 2.01. The summed E-state index contributed by atoms with van der Waals surface area (Å²) in [6, 6.07) is 14.4. The van der Waals surface area contributed by atoms with Gasteiger partial charge in [-0.25, -0.2) is 4.98 Å². The van der Waals surface area contributed by atoms with Gasteiger partial charge >= 0.3 is 0 Å². The molecular formula is C25H24N4OS. The summed E-state index contributed by atoms with van der Waals surface area (Å²) in [6.07, 6.45) is 4.00. The number of nitrogens with one attached hydrogen (secondary N) is 1. The molecule has 1 fully saturated rings. The van der Waals surface area contributed by atoms with E-state index in [4.69, 9.17) is 4.98 Å². The Morgan fingerprint density at radius 2 is 2.16 bits per heavy atom. The van der Waals surface area contributed by atoms with Gasteiger partial charge in [0.2, 0.25) is 0 Å². The number of hydrogen-bond donors (Lipinski definition) is 1. The van der Waals surface area contributed by atoms with E-state index in [1.54, 1.807) is 6.20 Å². The summed E-state index contributed by atoms with van der Waals surface area (Å²) < 4.78 is 0.628. The fourth-order valence-corrected chi connectivity index (χ4v) is 5.25. The summed E-state index contributed by atoms with van der Waals surface area (Å²) in [5.41, 5.74) is 5.79. The molecule has 0 bridgehead atoms. The third kappa shape index (κ3) is 3.79. The van der Waals surface area contributed by atoms with Crippen LogP contribution in [-0.2, 0) is 0 Å². The molecule has 1 atom stereocenters. The van der Waals surface area contributed by atoms with Crippen LogP contribution in [0.1, 0.15) is 35.4 Å². The van der Waals surface area contributed by atoms with Crippen molar-refractivity contribution < 1.29 is 0 Å². The molecule has 1 aliphatic rings. The predicted octanol–water partition coefficient (Wildman–Crippen LogP) is 5.21. The van der Waals surface area contributed by atoms with E-state index >= 15 is 0 Å². The second-order valence-corrected chi connectivity index (χ2v) is 8.98. The Bertz CT molecular complexity index is 1310. The molecular weight excluding hydrogens is 404 g/mol. The first-order valence-electron chi connectivity index (χ1n) is 10.5. The zero-order chi connectivity index (χ0) is 21.4. The summed E-state index contributed by atoms with van der Waals surface area (Å²) in [4.78, 5) is 27.0. The summed E-state index contributed by atoms with van der Waals surface area (Å²) in [5.74, 6) is 0.970. The van der Waals surface area contributed by atoms with E-state index in [2.05, 4.69) is 52.6 Å². The average Bonchev–Trinajstić information content (AvgIpc) is 3.24. The highest BCUT2D eigenvalue weighted by molar-refractivity contribution is 7.17. The first kappa shape index (κ1) is 19.7. The maximum absolute atomic E-state index is 12.7. The van der Waals surface area contributed by atoms with Crippen molar-refractivity contribution in [3.63, 3.8) is 0 Å². The summed E-state index contributed by atoms with van der Waals surface area (Å²) in [6.45, 7) is 8.45. The van der Waals surface area contributed by atoms with Gasteiger partial charge in [-0.2, -0.15) is 0 Å². The average molecular weight is 429 g/mol. The number of aromatic nitrogens is 3.